The fourth-order valence-corrected chi connectivity index (χ4v) is 4.88. The minimum Gasteiger partial charge on any atom is -0.388 e. The minimum absolute atomic E-state index is 0.0213. The van der Waals surface area contributed by atoms with Crippen molar-refractivity contribution >= 4 is 0 Å². The lowest BCUT2D eigenvalue weighted by molar-refractivity contribution is -0.379. The molecule has 3 rings (SSSR count). The summed E-state index contributed by atoms with van der Waals surface area (Å²) in [5.41, 5.74) is 0. The van der Waals surface area contributed by atoms with Gasteiger partial charge in [0.2, 0.25) is 0 Å². The Kier molecular flexibility index (Phi) is 10.8. The van der Waals surface area contributed by atoms with Crippen molar-refractivity contribution in [1.82, 2.24) is 0 Å². The number of ether oxygens (including phenoxy) is 9. The lowest BCUT2D eigenvalue weighted by Gasteiger charge is -2.48. The van der Waals surface area contributed by atoms with Crippen LogP contribution >= 0.6 is 0 Å². The van der Waals surface area contributed by atoms with Gasteiger partial charge in [-0.2, -0.15) is 0 Å². The Hall–Kier alpha value is -0.560. The Balaban J connectivity index is 1.73. The topological polar surface area (TPSA) is 184 Å². The van der Waals surface area contributed by atoms with Crippen LogP contribution in [0.1, 0.15) is 13.8 Å². The monoisotopic (exact) mass is 528 g/mol. The molecule has 0 unspecified atom stereocenters. The standard InChI is InChI=1S/C22H40O14/c1-8-11(23)17(30-5)19(20(27)32-8)36-21-14(26)18(31-6)15(9(2)33-21)35-22-13(25)16(29-4)12(24)10(34-22)7-28-3/h8-27H,7H2,1-6H3/t8-,9-,10+,11-,12+,13+,14+,15-,16-,17+,18-,19+,20+,21-,22-/m0/s1. The van der Waals surface area contributed by atoms with Crippen molar-refractivity contribution in [3.8, 4) is 0 Å². The molecular weight excluding hydrogens is 488 g/mol. The second-order valence-electron chi connectivity index (χ2n) is 9.20. The predicted molar refractivity (Wildman–Crippen MR) is 118 cm³/mol. The summed E-state index contributed by atoms with van der Waals surface area (Å²) < 4.78 is 49.9. The van der Waals surface area contributed by atoms with Gasteiger partial charge in [-0.05, 0) is 13.8 Å². The first-order valence-corrected chi connectivity index (χ1v) is 11.8. The summed E-state index contributed by atoms with van der Waals surface area (Å²) in [5, 5.41) is 52.9. The minimum atomic E-state index is -1.45. The van der Waals surface area contributed by atoms with Gasteiger partial charge in [-0.3, -0.25) is 0 Å². The Bertz CT molecular complexity index is 671. The van der Waals surface area contributed by atoms with Crippen molar-refractivity contribution in [2.24, 2.45) is 0 Å². The summed E-state index contributed by atoms with van der Waals surface area (Å²) in [6.07, 6.45) is -16.5. The number of aliphatic hydroxyl groups is 5. The van der Waals surface area contributed by atoms with Crippen LogP contribution in [0, 0.1) is 0 Å². The molecule has 0 aromatic rings. The van der Waals surface area contributed by atoms with Gasteiger partial charge in [0, 0.05) is 28.4 Å². The summed E-state index contributed by atoms with van der Waals surface area (Å²) >= 11 is 0. The zero-order valence-corrected chi connectivity index (χ0v) is 21.3. The van der Waals surface area contributed by atoms with E-state index in [0.717, 1.165) is 0 Å². The summed E-state index contributed by atoms with van der Waals surface area (Å²) in [6, 6.07) is 0. The zero-order valence-electron chi connectivity index (χ0n) is 21.3. The summed E-state index contributed by atoms with van der Waals surface area (Å²) in [5.74, 6) is 0. The van der Waals surface area contributed by atoms with Crippen LogP contribution in [0.5, 0.6) is 0 Å². The number of aliphatic hydroxyl groups excluding tert-OH is 5. The highest BCUT2D eigenvalue weighted by Crippen LogP contribution is 2.33. The zero-order chi connectivity index (χ0) is 26.7. The first-order chi connectivity index (χ1) is 17.1. The van der Waals surface area contributed by atoms with Gasteiger partial charge in [-0.1, -0.05) is 0 Å². The van der Waals surface area contributed by atoms with Crippen molar-refractivity contribution in [3.63, 3.8) is 0 Å². The molecule has 3 heterocycles. The summed E-state index contributed by atoms with van der Waals surface area (Å²) in [6.45, 7) is 3.24. The van der Waals surface area contributed by atoms with Crippen molar-refractivity contribution in [1.29, 1.82) is 0 Å². The molecule has 15 atom stereocenters. The number of hydrogen-bond acceptors (Lipinski definition) is 14. The van der Waals surface area contributed by atoms with Crippen LogP contribution in [0.25, 0.3) is 0 Å². The molecule has 0 aromatic carbocycles. The third-order valence-electron chi connectivity index (χ3n) is 6.90. The fourth-order valence-electron chi connectivity index (χ4n) is 4.88. The molecule has 0 spiro atoms. The van der Waals surface area contributed by atoms with Gasteiger partial charge in [0.1, 0.15) is 61.0 Å². The smallest absolute Gasteiger partial charge is 0.187 e. The van der Waals surface area contributed by atoms with Crippen molar-refractivity contribution in [2.45, 2.75) is 106 Å². The largest absolute Gasteiger partial charge is 0.388 e. The molecule has 14 heteroatoms. The lowest BCUT2D eigenvalue weighted by atomic mass is 9.96. The second-order valence-corrected chi connectivity index (χ2v) is 9.20. The Morgan fingerprint density at radius 3 is 1.67 bits per heavy atom. The Labute approximate surface area is 209 Å². The van der Waals surface area contributed by atoms with E-state index in [2.05, 4.69) is 0 Å². The normalized spacial score (nSPS) is 50.2. The highest BCUT2D eigenvalue weighted by molar-refractivity contribution is 4.96. The van der Waals surface area contributed by atoms with Crippen LogP contribution < -0.4 is 0 Å². The molecular formula is C22H40O14. The first-order valence-electron chi connectivity index (χ1n) is 11.8. The van der Waals surface area contributed by atoms with Crippen LogP contribution in [0.4, 0.5) is 0 Å². The molecule has 0 aromatic heterocycles. The van der Waals surface area contributed by atoms with Crippen LogP contribution in [-0.4, -0.2) is 153 Å². The number of methoxy groups -OCH3 is 4. The van der Waals surface area contributed by atoms with E-state index in [9.17, 15) is 25.5 Å². The van der Waals surface area contributed by atoms with E-state index in [1.807, 2.05) is 0 Å². The molecule has 0 aliphatic carbocycles. The molecule has 14 nitrogen and oxygen atoms in total. The van der Waals surface area contributed by atoms with Gasteiger partial charge in [-0.15, -0.1) is 0 Å². The molecule has 3 aliphatic heterocycles. The van der Waals surface area contributed by atoms with Gasteiger partial charge >= 0.3 is 0 Å². The molecule has 36 heavy (non-hydrogen) atoms. The lowest BCUT2D eigenvalue weighted by Crippen LogP contribution is -2.66. The Morgan fingerprint density at radius 1 is 0.556 bits per heavy atom. The van der Waals surface area contributed by atoms with E-state index in [-0.39, 0.29) is 6.61 Å². The molecule has 0 saturated carbocycles. The SMILES string of the molecule is COC[C@H]1O[C@@H](O[C@@H]2[C@@H](OC)[C@@H](O)[C@H](O[C@@H]3[C@H](OC)[C@@H](O)[C@H](C)O[C@H]3O)O[C@H]2C)[C@H](O)[C@@H](OC)[C@@H]1O. The average Bonchev–Trinajstić information content (AvgIpc) is 2.84. The van der Waals surface area contributed by atoms with Gasteiger partial charge in [0.05, 0.1) is 18.8 Å². The van der Waals surface area contributed by atoms with E-state index in [0.29, 0.717) is 0 Å². The van der Waals surface area contributed by atoms with Crippen LogP contribution in [0.2, 0.25) is 0 Å². The molecule has 0 radical (unpaired) electrons. The molecule has 3 saturated heterocycles. The molecule has 3 fully saturated rings. The number of hydrogen-bond donors (Lipinski definition) is 5. The van der Waals surface area contributed by atoms with E-state index < -0.39 is 92.1 Å². The molecule has 3 aliphatic rings. The van der Waals surface area contributed by atoms with Crippen molar-refractivity contribution < 1.29 is 68.2 Å². The maximum absolute atomic E-state index is 11.0. The van der Waals surface area contributed by atoms with E-state index >= 15 is 0 Å². The predicted octanol–water partition coefficient (Wildman–Crippen LogP) is -2.90. The highest BCUT2D eigenvalue weighted by Gasteiger charge is 2.53. The highest BCUT2D eigenvalue weighted by atomic mass is 16.8. The molecule has 212 valence electrons. The van der Waals surface area contributed by atoms with Gasteiger partial charge in [-0.25, -0.2) is 0 Å². The van der Waals surface area contributed by atoms with Gasteiger partial charge < -0.3 is 68.2 Å². The van der Waals surface area contributed by atoms with Crippen LogP contribution in [-0.2, 0) is 42.6 Å². The molecule has 0 bridgehead atoms. The molecule has 5 N–H and O–H groups in total. The third kappa shape index (κ3) is 6.02. The van der Waals surface area contributed by atoms with Gasteiger partial charge in [0.25, 0.3) is 0 Å². The maximum Gasteiger partial charge on any atom is 0.187 e. The maximum atomic E-state index is 11.0. The van der Waals surface area contributed by atoms with Crippen LogP contribution in [0.3, 0.4) is 0 Å². The van der Waals surface area contributed by atoms with E-state index in [1.54, 1.807) is 13.8 Å². The van der Waals surface area contributed by atoms with Crippen LogP contribution in [0.15, 0.2) is 0 Å². The fraction of sp³-hybridized carbons (Fsp3) is 1.00. The third-order valence-corrected chi connectivity index (χ3v) is 6.90. The molecule has 0 amide bonds. The van der Waals surface area contributed by atoms with E-state index in [1.165, 1.54) is 28.4 Å². The second kappa shape index (κ2) is 13.0. The van der Waals surface area contributed by atoms with E-state index in [4.69, 9.17) is 42.6 Å². The van der Waals surface area contributed by atoms with Gasteiger partial charge in [0.15, 0.2) is 18.9 Å². The summed E-state index contributed by atoms with van der Waals surface area (Å²) in [7, 11) is 5.49. The quantitative estimate of drug-likeness (QED) is 0.205. The van der Waals surface area contributed by atoms with Crippen molar-refractivity contribution in [2.75, 3.05) is 35.0 Å². The number of rotatable bonds is 9. The first kappa shape index (κ1) is 30.0. The van der Waals surface area contributed by atoms with Crippen molar-refractivity contribution in [3.05, 3.63) is 0 Å². The Morgan fingerprint density at radius 2 is 1.08 bits per heavy atom. The average molecular weight is 529 g/mol. The summed E-state index contributed by atoms with van der Waals surface area (Å²) in [4.78, 5) is 0.